The van der Waals surface area contributed by atoms with Crippen molar-refractivity contribution in [1.29, 1.82) is 0 Å². The third-order valence-corrected chi connectivity index (χ3v) is 2.04. The molecule has 18 heavy (non-hydrogen) atoms. The maximum absolute atomic E-state index is 12.8. The van der Waals surface area contributed by atoms with Crippen molar-refractivity contribution in [2.75, 3.05) is 0 Å². The maximum Gasteiger partial charge on any atom is 0.264 e. The molecule has 0 aliphatic carbocycles. The second-order valence-electron chi connectivity index (χ2n) is 3.66. The lowest BCUT2D eigenvalue weighted by molar-refractivity contribution is 0.119. The number of benzene rings is 1. The number of aliphatic imine (C=N–C) groups is 1. The van der Waals surface area contributed by atoms with Crippen LogP contribution in [0.5, 0.6) is 0 Å². The highest BCUT2D eigenvalue weighted by Gasteiger charge is 2.16. The average Bonchev–Trinajstić information content (AvgIpc) is 2.30. The summed E-state index contributed by atoms with van der Waals surface area (Å²) in [5.74, 6) is 0. The monoisotopic (exact) mass is 254 g/mol. The fourth-order valence-electron chi connectivity index (χ4n) is 1.33. The van der Waals surface area contributed by atoms with E-state index in [9.17, 15) is 13.6 Å². The number of hydrogen-bond donors (Lipinski definition) is 0. The molecule has 0 fully saturated rings. The number of oxime groups is 1. The molecular formula is C12H12F2N2O2. The van der Waals surface area contributed by atoms with E-state index in [2.05, 4.69) is 10.1 Å². The molecule has 1 rings (SSSR count). The Bertz CT molecular complexity index is 491. The van der Waals surface area contributed by atoms with Crippen molar-refractivity contribution in [3.63, 3.8) is 0 Å². The number of carbonyl (C=O) groups excluding carboxylic acids is 1. The zero-order valence-electron chi connectivity index (χ0n) is 9.98. The molecule has 0 aliphatic rings. The van der Waals surface area contributed by atoms with Crippen LogP contribution in [0, 0.1) is 0 Å². The number of alkyl halides is 2. The zero-order valence-corrected chi connectivity index (χ0v) is 9.98. The quantitative estimate of drug-likeness (QED) is 0.458. The fraction of sp³-hybridized carbons (Fsp3) is 0.333. The van der Waals surface area contributed by atoms with Gasteiger partial charge in [-0.15, -0.1) is 0 Å². The van der Waals surface area contributed by atoms with Gasteiger partial charge in [0.25, 0.3) is 6.43 Å². The molecule has 0 amide bonds. The number of hydrogen-bond acceptors (Lipinski definition) is 4. The summed E-state index contributed by atoms with van der Waals surface area (Å²) in [5.41, 5.74) is 0.688. The van der Waals surface area contributed by atoms with Crippen LogP contribution in [0.2, 0.25) is 0 Å². The number of isocyanates is 1. The summed E-state index contributed by atoms with van der Waals surface area (Å²) < 4.78 is 25.6. The lowest BCUT2D eigenvalue weighted by Crippen LogP contribution is -1.97. The van der Waals surface area contributed by atoms with Gasteiger partial charge in [0.15, 0.2) is 0 Å². The molecule has 6 heteroatoms. The van der Waals surface area contributed by atoms with Gasteiger partial charge in [-0.1, -0.05) is 17.3 Å². The summed E-state index contributed by atoms with van der Waals surface area (Å²) in [6.07, 6.45) is -1.34. The zero-order chi connectivity index (χ0) is 13.5. The van der Waals surface area contributed by atoms with E-state index >= 15 is 0 Å². The van der Waals surface area contributed by atoms with E-state index in [0.717, 1.165) is 0 Å². The van der Waals surface area contributed by atoms with Crippen molar-refractivity contribution in [1.82, 2.24) is 0 Å². The van der Waals surface area contributed by atoms with E-state index in [1.807, 2.05) is 0 Å². The van der Waals surface area contributed by atoms with Crippen LogP contribution in [0.1, 0.15) is 31.4 Å². The van der Waals surface area contributed by atoms with Crippen molar-refractivity contribution in [3.05, 3.63) is 29.3 Å². The van der Waals surface area contributed by atoms with Crippen LogP contribution < -0.4 is 0 Å². The SMILES string of the molecule is CC(C)=NOCc1c(N=C=O)cccc1C(F)F. The molecule has 1 aromatic rings. The minimum absolute atomic E-state index is 0.117. The number of halogens is 2. The van der Waals surface area contributed by atoms with Crippen LogP contribution in [-0.4, -0.2) is 11.8 Å². The first-order valence-electron chi connectivity index (χ1n) is 5.17. The molecule has 4 nitrogen and oxygen atoms in total. The lowest BCUT2D eigenvalue weighted by atomic mass is 10.1. The van der Waals surface area contributed by atoms with E-state index in [-0.39, 0.29) is 23.4 Å². The summed E-state index contributed by atoms with van der Waals surface area (Å²) in [6, 6.07) is 4.10. The fourth-order valence-corrected chi connectivity index (χ4v) is 1.33. The Hall–Kier alpha value is -2.07. The summed E-state index contributed by atoms with van der Waals surface area (Å²) in [5, 5.41) is 3.65. The molecular weight excluding hydrogens is 242 g/mol. The standard InChI is InChI=1S/C12H12F2N2O2/c1-8(2)16-18-6-10-9(12(13)14)4-3-5-11(10)15-7-17/h3-5,12H,6H2,1-2H3. The molecule has 0 bridgehead atoms. The van der Waals surface area contributed by atoms with Gasteiger partial charge < -0.3 is 4.84 Å². The molecule has 0 unspecified atom stereocenters. The molecule has 0 saturated carbocycles. The van der Waals surface area contributed by atoms with Gasteiger partial charge >= 0.3 is 0 Å². The van der Waals surface area contributed by atoms with Crippen LogP contribution >= 0.6 is 0 Å². The highest BCUT2D eigenvalue weighted by molar-refractivity contribution is 5.78. The predicted molar refractivity (Wildman–Crippen MR) is 62.8 cm³/mol. The minimum Gasteiger partial charge on any atom is -0.391 e. The molecule has 96 valence electrons. The molecule has 0 aromatic heterocycles. The second-order valence-corrected chi connectivity index (χ2v) is 3.66. The van der Waals surface area contributed by atoms with Crippen LogP contribution in [0.4, 0.5) is 14.5 Å². The molecule has 0 radical (unpaired) electrons. The van der Waals surface area contributed by atoms with Crippen molar-refractivity contribution in [2.24, 2.45) is 10.1 Å². The Balaban J connectivity index is 3.10. The first-order chi connectivity index (χ1) is 8.56. The molecule has 0 N–H and O–H groups in total. The Morgan fingerprint density at radius 3 is 2.72 bits per heavy atom. The number of rotatable bonds is 5. The van der Waals surface area contributed by atoms with Crippen molar-refractivity contribution in [2.45, 2.75) is 26.9 Å². The summed E-state index contributed by atoms with van der Waals surface area (Å²) in [6.45, 7) is 3.25. The topological polar surface area (TPSA) is 51.0 Å². The van der Waals surface area contributed by atoms with E-state index in [1.165, 1.54) is 24.3 Å². The molecule has 1 aromatic carbocycles. The van der Waals surface area contributed by atoms with Crippen LogP contribution in [0.15, 0.2) is 28.3 Å². The van der Waals surface area contributed by atoms with Gasteiger partial charge in [-0.25, -0.2) is 13.6 Å². The Labute approximate surface area is 103 Å². The van der Waals surface area contributed by atoms with Gasteiger partial charge in [-0.3, -0.25) is 0 Å². The van der Waals surface area contributed by atoms with E-state index < -0.39 is 6.43 Å². The Kier molecular flexibility index (Phi) is 5.14. The first kappa shape index (κ1) is 14.0. The molecule has 0 spiro atoms. The Morgan fingerprint density at radius 2 is 2.17 bits per heavy atom. The maximum atomic E-state index is 12.8. The normalized spacial score (nSPS) is 9.83. The van der Waals surface area contributed by atoms with Crippen LogP contribution in [0.25, 0.3) is 0 Å². The van der Waals surface area contributed by atoms with Gasteiger partial charge in [0, 0.05) is 11.1 Å². The third kappa shape index (κ3) is 3.75. The van der Waals surface area contributed by atoms with Crippen LogP contribution in [0.3, 0.4) is 0 Å². The molecule has 0 atom stereocenters. The van der Waals surface area contributed by atoms with Crippen LogP contribution in [-0.2, 0) is 16.2 Å². The van der Waals surface area contributed by atoms with Gasteiger partial charge in [-0.2, -0.15) is 4.99 Å². The smallest absolute Gasteiger partial charge is 0.264 e. The van der Waals surface area contributed by atoms with Crippen molar-refractivity contribution in [3.8, 4) is 0 Å². The number of nitrogens with zero attached hydrogens (tertiary/aromatic N) is 2. The van der Waals surface area contributed by atoms with E-state index in [4.69, 9.17) is 4.84 Å². The third-order valence-electron chi connectivity index (χ3n) is 2.04. The second kappa shape index (κ2) is 6.61. The minimum atomic E-state index is -2.67. The summed E-state index contributed by atoms with van der Waals surface area (Å²) in [7, 11) is 0. The van der Waals surface area contributed by atoms with Gasteiger partial charge in [0.2, 0.25) is 6.08 Å². The van der Waals surface area contributed by atoms with Gasteiger partial charge in [0.05, 0.1) is 11.4 Å². The highest BCUT2D eigenvalue weighted by atomic mass is 19.3. The lowest BCUT2D eigenvalue weighted by Gasteiger charge is -2.09. The Morgan fingerprint density at radius 1 is 1.44 bits per heavy atom. The summed E-state index contributed by atoms with van der Waals surface area (Å²) in [4.78, 5) is 18.5. The van der Waals surface area contributed by atoms with E-state index in [1.54, 1.807) is 13.8 Å². The van der Waals surface area contributed by atoms with Crippen molar-refractivity contribution < 1.29 is 18.4 Å². The summed E-state index contributed by atoms with van der Waals surface area (Å²) >= 11 is 0. The molecule has 0 heterocycles. The van der Waals surface area contributed by atoms with Gasteiger partial charge in [-0.05, 0) is 19.9 Å². The van der Waals surface area contributed by atoms with Gasteiger partial charge in [0.1, 0.15) is 6.61 Å². The largest absolute Gasteiger partial charge is 0.391 e. The van der Waals surface area contributed by atoms with Crippen molar-refractivity contribution >= 4 is 17.5 Å². The van der Waals surface area contributed by atoms with E-state index in [0.29, 0.717) is 5.71 Å². The highest BCUT2D eigenvalue weighted by Crippen LogP contribution is 2.30. The predicted octanol–water partition coefficient (Wildman–Crippen LogP) is 3.50. The molecule has 0 aliphatic heterocycles. The molecule has 0 saturated heterocycles. The average molecular weight is 254 g/mol. The first-order valence-corrected chi connectivity index (χ1v) is 5.17.